The summed E-state index contributed by atoms with van der Waals surface area (Å²) in [7, 11) is 0. The summed E-state index contributed by atoms with van der Waals surface area (Å²) in [5.74, 6) is 1.02. The summed E-state index contributed by atoms with van der Waals surface area (Å²) in [6, 6.07) is 7.47. The number of aliphatic hydroxyl groups excluding tert-OH is 4. The predicted molar refractivity (Wildman–Crippen MR) is 154 cm³/mol. The van der Waals surface area contributed by atoms with Gasteiger partial charge < -0.3 is 50.2 Å². The zero-order valence-corrected chi connectivity index (χ0v) is 24.4. The first-order valence-electron chi connectivity index (χ1n) is 14.8. The summed E-state index contributed by atoms with van der Waals surface area (Å²) in [6.07, 6.45) is -3.33. The summed E-state index contributed by atoms with van der Waals surface area (Å²) in [6.45, 7) is 8.22. The Hall–Kier alpha value is -2.94. The van der Waals surface area contributed by atoms with Crippen LogP contribution in [0.15, 0.2) is 24.3 Å². The van der Waals surface area contributed by atoms with E-state index in [1.807, 2.05) is 38.1 Å². The zero-order chi connectivity index (χ0) is 30.1. The van der Waals surface area contributed by atoms with Crippen LogP contribution in [-0.2, 0) is 11.2 Å². The summed E-state index contributed by atoms with van der Waals surface area (Å²) in [5.41, 5.74) is 2.58. The number of likely N-dealkylation sites (tertiary alicyclic amines) is 1. The van der Waals surface area contributed by atoms with Crippen LogP contribution in [0.3, 0.4) is 0 Å². The van der Waals surface area contributed by atoms with Crippen molar-refractivity contribution in [2.24, 2.45) is 0 Å². The Bertz CT molecular complexity index is 1110. The van der Waals surface area contributed by atoms with Gasteiger partial charge in [0.05, 0.1) is 13.2 Å². The number of hydrogen-bond acceptors (Lipinski definition) is 10. The molecule has 0 radical (unpaired) electrons. The Labute approximate surface area is 246 Å². The molecular formula is C29H45N5O8. The minimum Gasteiger partial charge on any atom is -0.494 e. The molecule has 2 fully saturated rings. The van der Waals surface area contributed by atoms with Gasteiger partial charge in [-0.15, -0.1) is 5.10 Å². The number of hydrogen-bond donors (Lipinski definition) is 7. The van der Waals surface area contributed by atoms with Crippen molar-refractivity contribution >= 4 is 6.03 Å². The first-order chi connectivity index (χ1) is 20.3. The number of benzene rings is 1. The second-order valence-corrected chi connectivity index (χ2v) is 11.1. The van der Waals surface area contributed by atoms with E-state index in [9.17, 15) is 25.2 Å². The zero-order valence-electron chi connectivity index (χ0n) is 24.4. The Balaban J connectivity index is 1.24. The fraction of sp³-hybridized carbons (Fsp3) is 0.655. The fourth-order valence-corrected chi connectivity index (χ4v) is 5.15. The quantitative estimate of drug-likeness (QED) is 0.153. The van der Waals surface area contributed by atoms with Gasteiger partial charge in [-0.2, -0.15) is 0 Å². The minimum atomic E-state index is -1.54. The molecule has 3 heterocycles. The molecule has 2 aromatic rings. The number of nitrogens with zero attached hydrogens (tertiary/aromatic N) is 2. The lowest BCUT2D eigenvalue weighted by atomic mass is 9.98. The maximum absolute atomic E-state index is 11.9. The van der Waals surface area contributed by atoms with Gasteiger partial charge in [0.1, 0.15) is 30.2 Å². The summed E-state index contributed by atoms with van der Waals surface area (Å²) in [5, 5.41) is 53.0. The van der Waals surface area contributed by atoms with Gasteiger partial charge in [0, 0.05) is 37.3 Å². The highest BCUT2D eigenvalue weighted by Crippen LogP contribution is 2.31. The molecule has 0 saturated carbocycles. The van der Waals surface area contributed by atoms with Crippen molar-refractivity contribution < 1.29 is 39.4 Å². The van der Waals surface area contributed by atoms with Crippen LogP contribution in [0.4, 0.5) is 4.79 Å². The van der Waals surface area contributed by atoms with E-state index in [0.717, 1.165) is 36.5 Å². The smallest absolute Gasteiger partial charge is 0.314 e. The number of urea groups is 1. The monoisotopic (exact) mass is 591 g/mol. The molecule has 2 saturated heterocycles. The Morgan fingerprint density at radius 2 is 1.81 bits per heavy atom. The summed E-state index contributed by atoms with van der Waals surface area (Å²) >= 11 is 0. The second-order valence-electron chi connectivity index (χ2n) is 11.1. The van der Waals surface area contributed by atoms with Gasteiger partial charge in [0.25, 0.3) is 0 Å². The van der Waals surface area contributed by atoms with E-state index in [1.54, 1.807) is 0 Å². The van der Waals surface area contributed by atoms with E-state index >= 15 is 0 Å². The topological polar surface area (TPSA) is 182 Å². The molecular weight excluding hydrogens is 546 g/mol. The number of aliphatic hydroxyl groups is 4. The van der Waals surface area contributed by atoms with E-state index in [4.69, 9.17) is 14.2 Å². The fourth-order valence-electron chi connectivity index (χ4n) is 5.15. The van der Waals surface area contributed by atoms with Gasteiger partial charge in [-0.25, -0.2) is 4.79 Å². The summed E-state index contributed by atoms with van der Waals surface area (Å²) < 4.78 is 17.2. The van der Waals surface area contributed by atoms with Crippen molar-refractivity contribution in [3.8, 4) is 11.6 Å². The molecule has 234 valence electrons. The molecule has 1 aromatic carbocycles. The molecule has 2 aliphatic heterocycles. The average Bonchev–Trinajstić information content (AvgIpc) is 3.64. The van der Waals surface area contributed by atoms with Crippen LogP contribution in [0.25, 0.3) is 0 Å². The number of carbonyl (C=O) groups is 1. The Morgan fingerprint density at radius 1 is 1.10 bits per heavy atom. The number of H-pyrrole nitrogens is 1. The van der Waals surface area contributed by atoms with Gasteiger partial charge in [0.2, 0.25) is 12.2 Å². The number of rotatable bonds is 14. The number of aromatic nitrogens is 2. The molecule has 0 bridgehead atoms. The van der Waals surface area contributed by atoms with E-state index in [2.05, 4.69) is 25.7 Å². The molecule has 13 nitrogen and oxygen atoms in total. The highest BCUT2D eigenvalue weighted by atomic mass is 16.7. The van der Waals surface area contributed by atoms with Gasteiger partial charge in [0.15, 0.2) is 0 Å². The van der Waals surface area contributed by atoms with E-state index < -0.39 is 37.3 Å². The average molecular weight is 592 g/mol. The number of nitrogens with one attached hydrogen (secondary N) is 3. The van der Waals surface area contributed by atoms with Crippen molar-refractivity contribution in [2.75, 3.05) is 45.9 Å². The molecule has 13 heteroatoms. The lowest BCUT2D eigenvalue weighted by Gasteiger charge is -2.39. The SMILES string of the molecule is CC(C)c1[nH]nc(O[C@@H]2O[C@H](CO)[C@@H](O)[C@H](O)[C@H]2O)c1Cc1ccc(OCCCNC(=O)NCCN2CCCC2)cc1. The third kappa shape index (κ3) is 8.55. The number of aromatic amines is 1. The van der Waals surface area contributed by atoms with Crippen LogP contribution in [0, 0.1) is 0 Å². The number of amides is 2. The molecule has 0 spiro atoms. The van der Waals surface area contributed by atoms with Gasteiger partial charge >= 0.3 is 6.03 Å². The lowest BCUT2D eigenvalue weighted by Crippen LogP contribution is -2.60. The Morgan fingerprint density at radius 3 is 2.50 bits per heavy atom. The van der Waals surface area contributed by atoms with Crippen LogP contribution in [0.5, 0.6) is 11.6 Å². The van der Waals surface area contributed by atoms with Gasteiger partial charge in [-0.05, 0) is 56.0 Å². The second kappa shape index (κ2) is 15.5. The predicted octanol–water partition coefficient (Wildman–Crippen LogP) is 0.467. The molecule has 5 atom stereocenters. The molecule has 7 N–H and O–H groups in total. The molecule has 2 aliphatic rings. The van der Waals surface area contributed by atoms with Gasteiger partial charge in [-0.1, -0.05) is 26.0 Å². The van der Waals surface area contributed by atoms with Crippen molar-refractivity contribution in [3.63, 3.8) is 0 Å². The van der Waals surface area contributed by atoms with Crippen LogP contribution >= 0.6 is 0 Å². The van der Waals surface area contributed by atoms with Crippen LogP contribution in [0.1, 0.15) is 55.8 Å². The molecule has 4 rings (SSSR count). The van der Waals surface area contributed by atoms with Gasteiger partial charge in [-0.3, -0.25) is 5.10 Å². The molecule has 0 unspecified atom stereocenters. The van der Waals surface area contributed by atoms with Crippen molar-refractivity contribution in [2.45, 2.75) is 76.2 Å². The third-order valence-electron chi connectivity index (χ3n) is 7.61. The normalized spacial score (nSPS) is 24.6. The maximum atomic E-state index is 11.9. The molecule has 0 aliphatic carbocycles. The lowest BCUT2D eigenvalue weighted by molar-refractivity contribution is -0.278. The minimum absolute atomic E-state index is 0.100. The first kappa shape index (κ1) is 32.0. The van der Waals surface area contributed by atoms with Crippen LogP contribution in [0.2, 0.25) is 0 Å². The van der Waals surface area contributed by atoms with E-state index in [1.165, 1.54) is 12.8 Å². The molecule has 42 heavy (non-hydrogen) atoms. The van der Waals surface area contributed by atoms with E-state index in [0.29, 0.717) is 38.3 Å². The Kier molecular flexibility index (Phi) is 11.8. The summed E-state index contributed by atoms with van der Waals surface area (Å²) in [4.78, 5) is 14.3. The highest BCUT2D eigenvalue weighted by Gasteiger charge is 2.45. The van der Waals surface area contributed by atoms with E-state index in [-0.39, 0.29) is 17.8 Å². The largest absolute Gasteiger partial charge is 0.494 e. The highest BCUT2D eigenvalue weighted by molar-refractivity contribution is 5.73. The van der Waals surface area contributed by atoms with Crippen LogP contribution < -0.4 is 20.1 Å². The maximum Gasteiger partial charge on any atom is 0.314 e. The number of ether oxygens (including phenoxy) is 3. The standard InChI is InChI=1S/C29H45N5O8/c1-18(2)23-21(27(33-32-23)42-28-26(38)25(37)24(36)22(17-35)41-28)16-19-6-8-20(9-7-19)40-15-5-10-30-29(39)31-11-14-34-12-3-4-13-34/h6-9,18,22,24-26,28,35-38H,3-5,10-17H2,1-2H3,(H,32,33)(H2,30,31,39)/t22-,24-,25+,26-,28+/m1/s1. The molecule has 1 aromatic heterocycles. The van der Waals surface area contributed by atoms with Crippen molar-refractivity contribution in [3.05, 3.63) is 41.1 Å². The number of carbonyl (C=O) groups excluding carboxylic acids is 1. The third-order valence-corrected chi connectivity index (χ3v) is 7.61. The first-order valence-corrected chi connectivity index (χ1v) is 14.8. The molecule has 2 amide bonds. The van der Waals surface area contributed by atoms with Crippen LogP contribution in [-0.4, -0.2) is 118 Å². The van der Waals surface area contributed by atoms with Crippen molar-refractivity contribution in [1.82, 2.24) is 25.7 Å². The van der Waals surface area contributed by atoms with Crippen molar-refractivity contribution in [1.29, 1.82) is 0 Å².